The fourth-order valence-electron chi connectivity index (χ4n) is 3.78. The molecule has 2 heterocycles. The van der Waals surface area contributed by atoms with Crippen molar-refractivity contribution in [2.24, 2.45) is 0 Å². The van der Waals surface area contributed by atoms with Crippen LogP contribution in [0, 0.1) is 0 Å². The number of nitrogens with zero attached hydrogens (tertiary/aromatic N) is 5. The fourth-order valence-corrected chi connectivity index (χ4v) is 3.78. The number of carbonyl (C=O) groups is 2. The van der Waals surface area contributed by atoms with Crippen molar-refractivity contribution in [1.29, 1.82) is 0 Å². The van der Waals surface area contributed by atoms with Crippen molar-refractivity contribution < 1.29 is 50.2 Å². The van der Waals surface area contributed by atoms with Gasteiger partial charge in [0.2, 0.25) is 5.82 Å². The van der Waals surface area contributed by atoms with Crippen LogP contribution in [-0.2, 0) is 33.3 Å². The highest BCUT2D eigenvalue weighted by Crippen LogP contribution is 2.37. The van der Waals surface area contributed by atoms with Crippen molar-refractivity contribution >= 4 is 11.9 Å². The summed E-state index contributed by atoms with van der Waals surface area (Å²) in [6.07, 6.45) is -11.1. The largest absolute Gasteiger partial charge is 0.489 e. The third kappa shape index (κ3) is 6.27. The Labute approximate surface area is 216 Å². The van der Waals surface area contributed by atoms with E-state index in [2.05, 4.69) is 15.5 Å². The molecule has 1 aliphatic heterocycles. The third-order valence-electron chi connectivity index (χ3n) is 5.86. The summed E-state index contributed by atoms with van der Waals surface area (Å²) >= 11 is 0. The predicted molar refractivity (Wildman–Crippen MR) is 117 cm³/mol. The molecule has 1 aromatic heterocycles. The molecule has 3 aromatic rings. The van der Waals surface area contributed by atoms with Gasteiger partial charge < -0.3 is 14.3 Å². The molecular weight excluding hydrogens is 540 g/mol. The predicted octanol–water partition coefficient (Wildman–Crippen LogP) is 3.54. The van der Waals surface area contributed by atoms with E-state index in [1.807, 2.05) is 0 Å². The minimum absolute atomic E-state index is 0.0270. The number of hydrogen-bond acceptors (Lipinski definition) is 9. The van der Waals surface area contributed by atoms with Gasteiger partial charge >= 0.3 is 24.3 Å². The summed E-state index contributed by atoms with van der Waals surface area (Å²) in [6, 6.07) is 7.17. The number of alkyl halides is 6. The first-order valence-electron chi connectivity index (χ1n) is 11.2. The zero-order valence-electron chi connectivity index (χ0n) is 20.2. The number of cyclic esters (lactones) is 1. The molecule has 0 saturated heterocycles. The summed E-state index contributed by atoms with van der Waals surface area (Å²) < 4.78 is 90.1. The molecular formula is C23H19F6N5O5. The molecule has 0 aliphatic carbocycles. The number of esters is 1. The molecule has 2 aromatic carbocycles. The number of para-hydroxylation sites is 1. The van der Waals surface area contributed by atoms with Crippen molar-refractivity contribution in [2.75, 3.05) is 13.6 Å². The molecule has 0 amide bonds. The molecule has 2 atom stereocenters. The normalized spacial score (nSPS) is 16.8. The van der Waals surface area contributed by atoms with Crippen molar-refractivity contribution in [3.05, 3.63) is 70.5 Å². The average molecular weight is 559 g/mol. The number of fused-ring (bicyclic) bond motifs is 1. The lowest BCUT2D eigenvalue weighted by Gasteiger charge is -2.28. The summed E-state index contributed by atoms with van der Waals surface area (Å²) in [5.74, 6) is -2.44. The van der Waals surface area contributed by atoms with Gasteiger partial charge in [0, 0.05) is 18.2 Å². The highest BCUT2D eigenvalue weighted by molar-refractivity contribution is 6.30. The minimum Gasteiger partial charge on any atom is -0.489 e. The Morgan fingerprint density at radius 3 is 2.31 bits per heavy atom. The smallest absolute Gasteiger partial charge is 0.443 e. The van der Waals surface area contributed by atoms with E-state index < -0.39 is 54.2 Å². The van der Waals surface area contributed by atoms with E-state index >= 15 is 0 Å². The van der Waals surface area contributed by atoms with Gasteiger partial charge in [-0.2, -0.15) is 26.3 Å². The second-order valence-electron chi connectivity index (χ2n) is 8.54. The molecule has 208 valence electrons. The van der Waals surface area contributed by atoms with Gasteiger partial charge in [0.05, 0.1) is 11.1 Å². The second-order valence-corrected chi connectivity index (χ2v) is 8.54. The van der Waals surface area contributed by atoms with Crippen LogP contribution >= 0.6 is 0 Å². The van der Waals surface area contributed by atoms with E-state index in [-0.39, 0.29) is 29.7 Å². The lowest BCUT2D eigenvalue weighted by Crippen LogP contribution is -2.31. The van der Waals surface area contributed by atoms with Crippen molar-refractivity contribution in [3.8, 4) is 5.75 Å². The van der Waals surface area contributed by atoms with Crippen LogP contribution in [0.2, 0.25) is 0 Å². The molecule has 1 unspecified atom stereocenters. The zero-order chi connectivity index (χ0) is 28.5. The summed E-state index contributed by atoms with van der Waals surface area (Å²) in [7, 11) is 1.64. The second kappa shape index (κ2) is 10.5. The monoisotopic (exact) mass is 559 g/mol. The van der Waals surface area contributed by atoms with Crippen molar-refractivity contribution in [2.45, 2.75) is 38.0 Å². The van der Waals surface area contributed by atoms with Crippen LogP contribution in [0.5, 0.6) is 5.75 Å². The summed E-state index contributed by atoms with van der Waals surface area (Å²) in [6.45, 7) is 1.13. The van der Waals surface area contributed by atoms with E-state index in [1.165, 1.54) is 6.07 Å². The van der Waals surface area contributed by atoms with Gasteiger partial charge in [0.1, 0.15) is 12.4 Å². The van der Waals surface area contributed by atoms with Gasteiger partial charge in [-0.15, -0.1) is 5.10 Å². The number of likely N-dealkylation sites (N-methyl/N-ethyl adjacent to an activating group) is 1. The molecule has 1 aliphatic rings. The molecule has 0 bridgehead atoms. The van der Waals surface area contributed by atoms with Crippen LogP contribution in [0.3, 0.4) is 0 Å². The Hall–Kier alpha value is -4.21. The Morgan fingerprint density at radius 2 is 1.67 bits per heavy atom. The summed E-state index contributed by atoms with van der Waals surface area (Å²) in [4.78, 5) is 30.6. The molecule has 0 saturated carbocycles. The van der Waals surface area contributed by atoms with Crippen molar-refractivity contribution in [1.82, 2.24) is 25.3 Å². The Balaban J connectivity index is 1.53. The topological polar surface area (TPSA) is 109 Å². The van der Waals surface area contributed by atoms with E-state index in [1.54, 1.807) is 37.1 Å². The average Bonchev–Trinajstić information content (AvgIpc) is 3.29. The molecule has 0 radical (unpaired) electrons. The highest BCUT2D eigenvalue weighted by Gasteiger charge is 2.38. The van der Waals surface area contributed by atoms with Crippen LogP contribution < -0.4 is 9.57 Å². The van der Waals surface area contributed by atoms with Crippen LogP contribution in [0.1, 0.15) is 47.1 Å². The highest BCUT2D eigenvalue weighted by atomic mass is 19.4. The maximum absolute atomic E-state index is 13.2. The molecule has 0 spiro atoms. The number of benzene rings is 2. The number of tetrazole rings is 1. The fraction of sp³-hybridized carbons (Fsp3) is 0.348. The Bertz CT molecular complexity index is 1340. The van der Waals surface area contributed by atoms with Crippen LogP contribution in [-0.4, -0.2) is 50.8 Å². The van der Waals surface area contributed by atoms with Crippen LogP contribution in [0.25, 0.3) is 0 Å². The first kappa shape index (κ1) is 27.8. The lowest BCUT2D eigenvalue weighted by atomic mass is 10.0. The Kier molecular flexibility index (Phi) is 7.50. The number of hydrogen-bond donors (Lipinski definition) is 0. The van der Waals surface area contributed by atoms with Crippen LogP contribution in [0.4, 0.5) is 26.3 Å². The molecule has 0 N–H and O–H groups in total. The number of aromatic nitrogens is 4. The number of rotatable bonds is 7. The maximum atomic E-state index is 13.2. The number of halogens is 6. The minimum atomic E-state index is -4.98. The van der Waals surface area contributed by atoms with E-state index in [9.17, 15) is 35.9 Å². The van der Waals surface area contributed by atoms with Crippen molar-refractivity contribution in [3.63, 3.8) is 0 Å². The first-order valence-corrected chi connectivity index (χ1v) is 11.2. The lowest BCUT2D eigenvalue weighted by molar-refractivity contribution is -0.168. The van der Waals surface area contributed by atoms with Gasteiger partial charge in [-0.3, -0.25) is 4.90 Å². The zero-order valence-corrected chi connectivity index (χ0v) is 20.2. The molecule has 10 nitrogen and oxygen atoms in total. The number of carbonyl (C=O) groups excluding carboxylic acids is 2. The summed E-state index contributed by atoms with van der Waals surface area (Å²) in [5, 5.41) is 10.6. The quantitative estimate of drug-likeness (QED) is 0.186. The van der Waals surface area contributed by atoms with Gasteiger partial charge in [-0.05, 0) is 59.1 Å². The summed E-state index contributed by atoms with van der Waals surface area (Å²) in [5.41, 5.74) is -2.69. The van der Waals surface area contributed by atoms with E-state index in [0.29, 0.717) is 22.5 Å². The molecule has 39 heavy (non-hydrogen) atoms. The number of ether oxygens (including phenoxy) is 2. The standard InChI is InChI=1S/C23H19F6N5O5/c1-12(33(2)10-18-19-30-31-32-34(19)39-21(36)20(35)38-18)16-5-3-4-6-17(16)37-11-13-7-14(22(24,25)26)9-15(8-13)23(27,28)29/h3-9,12,18H,10-11H2,1-2H3/t12-,18?/m0/s1. The SMILES string of the molecule is C[C@@H](c1ccccc1OCc1cc(C(F)(F)F)cc(C(F)(F)F)c1)N(C)CC1OC(=O)C(=O)On2nnnc21. The Morgan fingerprint density at radius 1 is 1.03 bits per heavy atom. The first-order chi connectivity index (χ1) is 18.2. The molecule has 0 fully saturated rings. The van der Waals surface area contributed by atoms with Gasteiger partial charge in [0.15, 0.2) is 6.10 Å². The van der Waals surface area contributed by atoms with Gasteiger partial charge in [0.25, 0.3) is 0 Å². The van der Waals surface area contributed by atoms with Gasteiger partial charge in [-0.25, -0.2) is 9.59 Å². The van der Waals surface area contributed by atoms with Crippen LogP contribution in [0.15, 0.2) is 42.5 Å². The van der Waals surface area contributed by atoms with E-state index in [4.69, 9.17) is 14.3 Å². The van der Waals surface area contributed by atoms with E-state index in [0.717, 1.165) is 0 Å². The molecule has 16 heteroatoms. The molecule has 4 rings (SSSR count). The van der Waals surface area contributed by atoms with Gasteiger partial charge in [-0.1, -0.05) is 18.2 Å². The third-order valence-corrected chi connectivity index (χ3v) is 5.86. The maximum Gasteiger partial charge on any atom is 0.443 e.